The van der Waals surface area contributed by atoms with Crippen molar-refractivity contribution in [3.8, 4) is 79.1 Å². The number of hydrogen-bond acceptors (Lipinski definition) is 2. The highest BCUT2D eigenvalue weighted by molar-refractivity contribution is 6.15. The first-order valence-corrected chi connectivity index (χ1v) is 24.7. The highest BCUT2D eigenvalue weighted by Crippen LogP contribution is 2.49. The van der Waals surface area contributed by atoms with E-state index in [1.807, 2.05) is 130 Å². The molecule has 0 amide bonds. The molecule has 12 rings (SSSR count). The molecule has 0 saturated carbocycles. The van der Waals surface area contributed by atoms with Crippen LogP contribution < -0.4 is 0 Å². The standard InChI is InChI=1S/C67H33F6N7/c1-76-57-18-10-8-16-48(57)41-22-28-61-54(32-41)52-30-39(46-14-6-4-12-43(46)37-74)20-26-60(52)79(61)64-35-51(50-25-24-45(66(68,69)70)34-56(50)67(71,72)73)59(78-3)36-65(64)80-62-27-21-40(47-15-7-5-13-44(47)38-75)31-53(62)55-33-42(23-29-63(55)80)49-17-9-11-19-58(49)77-2/h4-36H. The zero-order valence-electron chi connectivity index (χ0n) is 41.5. The first kappa shape index (κ1) is 49.7. The highest BCUT2D eigenvalue weighted by atomic mass is 19.4. The maximum absolute atomic E-state index is 15.3. The molecule has 7 nitrogen and oxygen atoms in total. The summed E-state index contributed by atoms with van der Waals surface area (Å²) in [7, 11) is 0. The van der Waals surface area contributed by atoms with Crippen LogP contribution in [0.4, 0.5) is 43.4 Å². The third-order valence-electron chi connectivity index (χ3n) is 14.6. The molecule has 10 aromatic carbocycles. The van der Waals surface area contributed by atoms with Gasteiger partial charge in [-0.1, -0.05) is 115 Å². The average molecular weight is 1050 g/mol. The van der Waals surface area contributed by atoms with Gasteiger partial charge in [-0.3, -0.25) is 0 Å². The summed E-state index contributed by atoms with van der Waals surface area (Å²) in [6, 6.07) is 59.9. The number of rotatable bonds is 7. The molecule has 13 heteroatoms. The van der Waals surface area contributed by atoms with Crippen molar-refractivity contribution in [3.05, 3.63) is 257 Å². The average Bonchev–Trinajstić information content (AvgIpc) is 3.56. The number of hydrogen-bond donors (Lipinski definition) is 0. The van der Waals surface area contributed by atoms with E-state index in [2.05, 4.69) is 26.7 Å². The van der Waals surface area contributed by atoms with Gasteiger partial charge in [-0.15, -0.1) is 0 Å². The van der Waals surface area contributed by atoms with Crippen molar-refractivity contribution < 1.29 is 26.3 Å². The van der Waals surface area contributed by atoms with Gasteiger partial charge in [-0.25, -0.2) is 14.5 Å². The molecule has 0 atom stereocenters. The van der Waals surface area contributed by atoms with Crippen LogP contribution in [0, 0.1) is 42.4 Å². The minimum absolute atomic E-state index is 0.0684. The summed E-state index contributed by atoms with van der Waals surface area (Å²) in [6.45, 7) is 24.6. The highest BCUT2D eigenvalue weighted by Gasteiger charge is 2.39. The van der Waals surface area contributed by atoms with Gasteiger partial charge in [0.1, 0.15) is 0 Å². The molecule has 0 N–H and O–H groups in total. The summed E-state index contributed by atoms with van der Waals surface area (Å²) < 4.78 is 92.5. The van der Waals surface area contributed by atoms with Crippen molar-refractivity contribution in [2.45, 2.75) is 12.4 Å². The van der Waals surface area contributed by atoms with Gasteiger partial charge in [-0.05, 0) is 141 Å². The molecule has 0 radical (unpaired) electrons. The van der Waals surface area contributed by atoms with Gasteiger partial charge in [0.2, 0.25) is 0 Å². The molecular weight excluding hydrogens is 1020 g/mol. The Balaban J connectivity index is 1.24. The van der Waals surface area contributed by atoms with Gasteiger partial charge < -0.3 is 9.13 Å². The Morgan fingerprint density at radius 3 is 1.11 bits per heavy atom. The third-order valence-corrected chi connectivity index (χ3v) is 14.6. The Morgan fingerprint density at radius 1 is 0.350 bits per heavy atom. The number of nitrogens with zero attached hydrogens (tertiary/aromatic N) is 7. The molecule has 0 saturated heterocycles. The monoisotopic (exact) mass is 1050 g/mol. The lowest BCUT2D eigenvalue weighted by Crippen LogP contribution is -2.12. The molecule has 0 unspecified atom stereocenters. The fourth-order valence-electron chi connectivity index (χ4n) is 11.0. The molecule has 2 aromatic heterocycles. The van der Waals surface area contributed by atoms with Crippen LogP contribution in [0.2, 0.25) is 0 Å². The summed E-state index contributed by atoms with van der Waals surface area (Å²) in [5.74, 6) is 0. The lowest BCUT2D eigenvalue weighted by Gasteiger charge is -2.22. The lowest BCUT2D eigenvalue weighted by molar-refractivity contribution is -0.142. The van der Waals surface area contributed by atoms with E-state index >= 15 is 13.2 Å². The minimum atomic E-state index is -5.30. The number of aromatic nitrogens is 2. The Labute approximate surface area is 453 Å². The maximum Gasteiger partial charge on any atom is 0.416 e. The second-order valence-corrected chi connectivity index (χ2v) is 18.9. The van der Waals surface area contributed by atoms with Crippen LogP contribution in [-0.2, 0) is 12.4 Å². The van der Waals surface area contributed by atoms with E-state index < -0.39 is 29.0 Å². The molecular formula is C67H33F6N7. The minimum Gasteiger partial charge on any atom is -0.308 e. The molecule has 0 bridgehead atoms. The van der Waals surface area contributed by atoms with Crippen molar-refractivity contribution >= 4 is 60.7 Å². The fourth-order valence-corrected chi connectivity index (χ4v) is 11.0. The summed E-state index contributed by atoms with van der Waals surface area (Å²) >= 11 is 0. The SMILES string of the molecule is [C-]#[N+]c1ccccc1-c1ccc2c(c1)c1cc(-c3ccccc3C#N)ccc1n2-c1cc([N+]#[C-])c(-c2ccc(C(F)(F)F)cc2C(F)(F)F)cc1-n1c2ccc(-c3ccccc3C#N)cc2c2cc(-c3ccccc3[N+]#[C-])ccc21. The molecule has 0 spiro atoms. The van der Waals surface area contributed by atoms with Crippen LogP contribution in [0.15, 0.2) is 200 Å². The third kappa shape index (κ3) is 8.21. The number of fused-ring (bicyclic) bond motifs is 6. The summed E-state index contributed by atoms with van der Waals surface area (Å²) in [6.07, 6.45) is -10.4. The Kier molecular flexibility index (Phi) is 11.9. The number of para-hydroxylation sites is 2. The van der Waals surface area contributed by atoms with E-state index in [0.29, 0.717) is 122 Å². The number of benzene rings is 10. The topological polar surface area (TPSA) is 70.5 Å². The van der Waals surface area contributed by atoms with E-state index in [9.17, 15) is 23.7 Å². The van der Waals surface area contributed by atoms with Crippen LogP contribution in [0.25, 0.3) is 125 Å². The maximum atomic E-state index is 15.3. The van der Waals surface area contributed by atoms with E-state index in [0.717, 1.165) is 6.07 Å². The molecule has 0 aliphatic heterocycles. The van der Waals surface area contributed by atoms with Crippen LogP contribution in [-0.4, -0.2) is 9.13 Å². The van der Waals surface area contributed by atoms with Gasteiger partial charge in [0.25, 0.3) is 0 Å². The summed E-state index contributed by atoms with van der Waals surface area (Å²) in [5, 5.41) is 23.1. The fraction of sp³-hybridized carbons (Fsp3) is 0.0299. The van der Waals surface area contributed by atoms with Crippen molar-refractivity contribution in [2.75, 3.05) is 0 Å². The molecule has 12 aromatic rings. The Bertz CT molecular complexity index is 4600. The number of nitriles is 2. The normalized spacial score (nSPS) is 11.6. The van der Waals surface area contributed by atoms with Gasteiger partial charge in [0.05, 0.1) is 87.6 Å². The Morgan fingerprint density at radius 2 is 0.725 bits per heavy atom. The Hall–Kier alpha value is -11.2. The van der Waals surface area contributed by atoms with Crippen molar-refractivity contribution in [3.63, 3.8) is 0 Å². The van der Waals surface area contributed by atoms with E-state index in [-0.39, 0.29) is 23.0 Å². The molecule has 2 heterocycles. The second kappa shape index (κ2) is 19.1. The quantitative estimate of drug-likeness (QED) is 0.118. The molecule has 0 fully saturated rings. The van der Waals surface area contributed by atoms with Gasteiger partial charge in [-0.2, -0.15) is 36.9 Å². The van der Waals surface area contributed by atoms with Gasteiger partial charge in [0, 0.05) is 21.5 Å². The molecule has 0 aliphatic rings. The van der Waals surface area contributed by atoms with Gasteiger partial charge >= 0.3 is 12.4 Å². The molecule has 80 heavy (non-hydrogen) atoms. The zero-order chi connectivity index (χ0) is 55.6. The predicted octanol–water partition coefficient (Wildman–Crippen LogP) is 19.6. The molecule has 0 aliphatic carbocycles. The first-order valence-electron chi connectivity index (χ1n) is 24.7. The second-order valence-electron chi connectivity index (χ2n) is 18.9. The number of alkyl halides is 6. The predicted molar refractivity (Wildman–Crippen MR) is 301 cm³/mol. The van der Waals surface area contributed by atoms with Crippen molar-refractivity contribution in [1.82, 2.24) is 9.13 Å². The van der Waals surface area contributed by atoms with Crippen LogP contribution in [0.1, 0.15) is 22.3 Å². The van der Waals surface area contributed by atoms with E-state index in [4.69, 9.17) is 19.7 Å². The smallest absolute Gasteiger partial charge is 0.308 e. The van der Waals surface area contributed by atoms with E-state index in [1.54, 1.807) is 48.5 Å². The largest absolute Gasteiger partial charge is 0.416 e. The van der Waals surface area contributed by atoms with Gasteiger partial charge in [0.15, 0.2) is 17.1 Å². The summed E-state index contributed by atoms with van der Waals surface area (Å²) in [5.41, 5.74) is 5.46. The van der Waals surface area contributed by atoms with Crippen LogP contribution in [0.5, 0.6) is 0 Å². The van der Waals surface area contributed by atoms with Crippen molar-refractivity contribution in [1.29, 1.82) is 10.5 Å². The molecule has 378 valence electrons. The number of halogens is 6. The lowest BCUT2D eigenvalue weighted by atomic mass is 9.94. The first-order chi connectivity index (χ1) is 38.7. The van der Waals surface area contributed by atoms with Crippen molar-refractivity contribution in [2.24, 2.45) is 0 Å². The van der Waals surface area contributed by atoms with Crippen LogP contribution >= 0.6 is 0 Å². The van der Waals surface area contributed by atoms with E-state index in [1.165, 1.54) is 12.1 Å². The zero-order valence-corrected chi connectivity index (χ0v) is 41.5. The van der Waals surface area contributed by atoms with Crippen LogP contribution in [0.3, 0.4) is 0 Å². The summed E-state index contributed by atoms with van der Waals surface area (Å²) in [4.78, 5) is 11.4.